The van der Waals surface area contributed by atoms with Crippen molar-refractivity contribution in [3.05, 3.63) is 90.5 Å². The van der Waals surface area contributed by atoms with Gasteiger partial charge in [-0.1, -0.05) is 53.7 Å². The molecule has 6 heteroatoms. The van der Waals surface area contributed by atoms with E-state index >= 15 is 0 Å². The molecule has 3 aromatic carbocycles. The Morgan fingerprint density at radius 1 is 0.815 bits per heavy atom. The third kappa shape index (κ3) is 5.47. The molecule has 0 radical (unpaired) electrons. The lowest BCUT2D eigenvalue weighted by Crippen LogP contribution is -2.11. The molecule has 0 aromatic heterocycles. The Balaban J connectivity index is 1.82. The van der Waals surface area contributed by atoms with Crippen LogP contribution < -0.4 is 13.8 Å². The van der Waals surface area contributed by atoms with E-state index in [1.807, 2.05) is 84.9 Å². The minimum Gasteiger partial charge on any atom is -0.497 e. The fourth-order valence-electron chi connectivity index (χ4n) is 2.39. The van der Waals surface area contributed by atoms with E-state index < -0.39 is 8.38 Å². The van der Waals surface area contributed by atoms with Crippen molar-refractivity contribution < 1.29 is 19.0 Å². The highest BCUT2D eigenvalue weighted by molar-refractivity contribution is 7.49. The van der Waals surface area contributed by atoms with Gasteiger partial charge in [0.15, 0.2) is 0 Å². The molecular formula is C21H20NO4P. The summed E-state index contributed by atoms with van der Waals surface area (Å²) in [7, 11) is 0.168. The summed E-state index contributed by atoms with van der Waals surface area (Å²) in [6.07, 6.45) is 0.308. The summed E-state index contributed by atoms with van der Waals surface area (Å²) in [5.74, 6) is 2.08. The van der Waals surface area contributed by atoms with Crippen LogP contribution in [0.2, 0.25) is 0 Å². The van der Waals surface area contributed by atoms with Crippen molar-refractivity contribution in [2.75, 3.05) is 13.3 Å². The van der Waals surface area contributed by atoms with E-state index in [2.05, 4.69) is 5.16 Å². The minimum atomic E-state index is -1.43. The van der Waals surface area contributed by atoms with Crippen molar-refractivity contribution in [2.45, 2.75) is 0 Å². The van der Waals surface area contributed by atoms with Gasteiger partial charge in [-0.05, 0) is 36.4 Å². The maximum atomic E-state index is 9.57. The zero-order chi connectivity index (χ0) is 18.9. The van der Waals surface area contributed by atoms with Crippen molar-refractivity contribution in [2.24, 2.45) is 5.16 Å². The second kappa shape index (κ2) is 9.60. The number of para-hydroxylation sites is 2. The zero-order valence-electron chi connectivity index (χ0n) is 14.9. The van der Waals surface area contributed by atoms with Crippen molar-refractivity contribution in [1.82, 2.24) is 0 Å². The van der Waals surface area contributed by atoms with Crippen LogP contribution in [0.5, 0.6) is 17.2 Å². The Kier molecular flexibility index (Phi) is 6.66. The maximum Gasteiger partial charge on any atom is 0.296 e. The number of ether oxygens (including phenoxy) is 1. The normalized spacial score (nSPS) is 11.3. The van der Waals surface area contributed by atoms with Gasteiger partial charge in [0.1, 0.15) is 17.2 Å². The third-order valence-corrected chi connectivity index (χ3v) is 5.09. The molecule has 0 bridgehead atoms. The summed E-state index contributed by atoms with van der Waals surface area (Å²) < 4.78 is 17.3. The summed E-state index contributed by atoms with van der Waals surface area (Å²) in [5.41, 5.74) is 1.21. The number of methoxy groups -OCH3 is 1. The van der Waals surface area contributed by atoms with Crippen LogP contribution in [0.1, 0.15) is 5.56 Å². The lowest BCUT2D eigenvalue weighted by Gasteiger charge is -2.19. The summed E-state index contributed by atoms with van der Waals surface area (Å²) in [6, 6.07) is 26.2. The fraction of sp³-hybridized carbons (Fsp3) is 0.0952. The highest BCUT2D eigenvalue weighted by Gasteiger charge is 2.20. The molecule has 0 heterocycles. The minimum absolute atomic E-state index is 0.308. The lowest BCUT2D eigenvalue weighted by atomic mass is 10.1. The van der Waals surface area contributed by atoms with E-state index in [0.717, 1.165) is 5.56 Å². The largest absolute Gasteiger partial charge is 0.497 e. The molecule has 27 heavy (non-hydrogen) atoms. The van der Waals surface area contributed by atoms with Crippen molar-refractivity contribution in [3.63, 3.8) is 0 Å². The van der Waals surface area contributed by atoms with Gasteiger partial charge in [-0.15, -0.1) is 0 Å². The van der Waals surface area contributed by atoms with Crippen molar-refractivity contribution in [1.29, 1.82) is 0 Å². The van der Waals surface area contributed by atoms with Crippen LogP contribution in [-0.4, -0.2) is 24.2 Å². The maximum absolute atomic E-state index is 9.57. The molecule has 0 atom stereocenters. The molecule has 5 nitrogen and oxygen atoms in total. The number of benzene rings is 3. The summed E-state index contributed by atoms with van der Waals surface area (Å²) in [5, 5.41) is 13.0. The molecule has 0 unspecified atom stereocenters. The quantitative estimate of drug-likeness (QED) is 0.248. The van der Waals surface area contributed by atoms with Crippen LogP contribution in [-0.2, 0) is 0 Å². The molecule has 0 spiro atoms. The molecule has 0 saturated heterocycles. The van der Waals surface area contributed by atoms with Gasteiger partial charge in [-0.3, -0.25) is 0 Å². The van der Waals surface area contributed by atoms with Crippen LogP contribution in [0.3, 0.4) is 0 Å². The van der Waals surface area contributed by atoms with E-state index in [1.54, 1.807) is 7.11 Å². The van der Waals surface area contributed by atoms with Gasteiger partial charge in [-0.2, -0.15) is 0 Å². The van der Waals surface area contributed by atoms with E-state index in [-0.39, 0.29) is 0 Å². The highest BCUT2D eigenvalue weighted by Crippen LogP contribution is 2.41. The van der Waals surface area contributed by atoms with Gasteiger partial charge in [0.2, 0.25) is 0 Å². The third-order valence-electron chi connectivity index (χ3n) is 3.70. The Bertz CT molecular complexity index is 830. The average molecular weight is 381 g/mol. The SMILES string of the molecule is COc1cccc(C(CP(Oc2ccccc2)Oc2ccccc2)=NO)c1. The Hall–Kier alpha value is -3.04. The summed E-state index contributed by atoms with van der Waals surface area (Å²) in [6.45, 7) is 0. The van der Waals surface area contributed by atoms with Crippen molar-refractivity contribution >= 4 is 14.1 Å². The molecule has 1 N–H and O–H groups in total. The van der Waals surface area contributed by atoms with Crippen LogP contribution in [0.25, 0.3) is 0 Å². The van der Waals surface area contributed by atoms with Crippen LogP contribution >= 0.6 is 8.38 Å². The number of hydrogen-bond donors (Lipinski definition) is 1. The number of rotatable bonds is 8. The molecule has 0 amide bonds. The highest BCUT2D eigenvalue weighted by atomic mass is 31.2. The zero-order valence-corrected chi connectivity index (χ0v) is 15.8. The topological polar surface area (TPSA) is 60.3 Å². The molecule has 3 aromatic rings. The Labute approximate surface area is 159 Å². The smallest absolute Gasteiger partial charge is 0.296 e. The van der Waals surface area contributed by atoms with Crippen LogP contribution in [0.15, 0.2) is 90.1 Å². The monoisotopic (exact) mass is 381 g/mol. The molecule has 138 valence electrons. The molecule has 3 rings (SSSR count). The van der Waals surface area contributed by atoms with Crippen molar-refractivity contribution in [3.8, 4) is 17.2 Å². The number of nitrogens with zero attached hydrogens (tertiary/aromatic N) is 1. The molecular weight excluding hydrogens is 361 g/mol. The summed E-state index contributed by atoms with van der Waals surface area (Å²) in [4.78, 5) is 0. The first-order chi connectivity index (χ1) is 13.3. The van der Waals surface area contributed by atoms with Crippen LogP contribution in [0.4, 0.5) is 0 Å². The Morgan fingerprint density at radius 3 is 1.89 bits per heavy atom. The van der Waals surface area contributed by atoms with Gasteiger partial charge in [-0.25, -0.2) is 0 Å². The van der Waals surface area contributed by atoms with Gasteiger partial charge >= 0.3 is 0 Å². The fourth-order valence-corrected chi connectivity index (χ4v) is 3.76. The predicted octanol–water partition coefficient (Wildman–Crippen LogP) is 5.34. The first-order valence-corrected chi connectivity index (χ1v) is 9.73. The number of hydrogen-bond acceptors (Lipinski definition) is 5. The second-order valence-corrected chi connectivity index (χ2v) is 6.93. The van der Waals surface area contributed by atoms with E-state index in [1.165, 1.54) is 0 Å². The number of oxime groups is 1. The molecule has 0 aliphatic heterocycles. The predicted molar refractivity (Wildman–Crippen MR) is 107 cm³/mol. The van der Waals surface area contributed by atoms with E-state index in [9.17, 15) is 5.21 Å². The first kappa shape index (κ1) is 18.7. The van der Waals surface area contributed by atoms with Gasteiger partial charge in [0.05, 0.1) is 19.0 Å². The van der Waals surface area contributed by atoms with Gasteiger partial charge in [0, 0.05) is 5.56 Å². The molecule has 0 aliphatic carbocycles. The summed E-state index contributed by atoms with van der Waals surface area (Å²) >= 11 is 0. The van der Waals surface area contributed by atoms with Crippen LogP contribution in [0, 0.1) is 0 Å². The Morgan fingerprint density at radius 2 is 1.37 bits per heavy atom. The van der Waals surface area contributed by atoms with Gasteiger partial charge in [0.25, 0.3) is 8.38 Å². The second-order valence-electron chi connectivity index (χ2n) is 5.58. The van der Waals surface area contributed by atoms with Gasteiger partial charge < -0.3 is 19.0 Å². The molecule has 0 fully saturated rings. The van der Waals surface area contributed by atoms with E-state index in [0.29, 0.717) is 29.1 Å². The average Bonchev–Trinajstić information content (AvgIpc) is 2.73. The lowest BCUT2D eigenvalue weighted by molar-refractivity contribution is 0.319. The van der Waals surface area contributed by atoms with E-state index in [4.69, 9.17) is 13.8 Å². The standard InChI is InChI=1S/C21H20NO4P/c1-24-20-14-8-9-17(15-20)21(22-23)16-27(25-18-10-4-2-5-11-18)26-19-12-6-3-7-13-19/h2-15,23H,16H2,1H3. The first-order valence-electron chi connectivity index (χ1n) is 8.37. The molecule has 0 saturated carbocycles. The molecule has 0 aliphatic rings.